The van der Waals surface area contributed by atoms with Gasteiger partial charge in [-0.3, -0.25) is 4.79 Å². The number of sulfonamides is 1. The maximum atomic E-state index is 12.9. The highest BCUT2D eigenvalue weighted by Crippen LogP contribution is 2.26. The lowest BCUT2D eigenvalue weighted by atomic mass is 9.96. The van der Waals surface area contributed by atoms with Crippen molar-refractivity contribution in [2.75, 3.05) is 7.05 Å². The Hall–Kier alpha value is -1.97. The van der Waals surface area contributed by atoms with Gasteiger partial charge in [-0.1, -0.05) is 25.3 Å². The number of hydrogen-bond donors (Lipinski definition) is 3. The molecule has 0 saturated heterocycles. The van der Waals surface area contributed by atoms with Gasteiger partial charge in [0, 0.05) is 18.7 Å². The summed E-state index contributed by atoms with van der Waals surface area (Å²) in [6.07, 6.45) is 3.41. The van der Waals surface area contributed by atoms with E-state index in [0.29, 0.717) is 0 Å². The van der Waals surface area contributed by atoms with E-state index < -0.39 is 34.0 Å². The Labute approximate surface area is 159 Å². The number of aliphatic carboxylic acids is 1. The third kappa shape index (κ3) is 5.06. The number of aliphatic hydroxyl groups is 1. The topological polar surface area (TPSA) is 124 Å². The van der Waals surface area contributed by atoms with Gasteiger partial charge in [-0.15, -0.1) is 0 Å². The highest BCUT2D eigenvalue weighted by Gasteiger charge is 2.30. The van der Waals surface area contributed by atoms with Gasteiger partial charge in [-0.2, -0.15) is 4.31 Å². The number of hydrogen-bond acceptors (Lipinski definition) is 5. The van der Waals surface area contributed by atoms with E-state index in [2.05, 4.69) is 5.32 Å². The number of aliphatic hydroxyl groups excluding tert-OH is 1. The molecule has 2 rings (SSSR count). The molecular formula is C18H26N2O6S. The summed E-state index contributed by atoms with van der Waals surface area (Å²) in [5, 5.41) is 20.8. The zero-order valence-corrected chi connectivity index (χ0v) is 16.3. The number of carboxylic acids is 1. The number of carbonyl (C=O) groups is 2. The second-order valence-corrected chi connectivity index (χ2v) is 8.87. The summed E-state index contributed by atoms with van der Waals surface area (Å²) in [7, 11) is -2.22. The van der Waals surface area contributed by atoms with Crippen molar-refractivity contribution in [3.05, 3.63) is 29.8 Å². The van der Waals surface area contributed by atoms with Crippen molar-refractivity contribution >= 4 is 21.9 Å². The van der Waals surface area contributed by atoms with E-state index >= 15 is 0 Å². The Balaban J connectivity index is 2.22. The molecule has 9 heteroatoms. The highest BCUT2D eigenvalue weighted by molar-refractivity contribution is 7.89. The van der Waals surface area contributed by atoms with Crippen LogP contribution in [0.2, 0.25) is 0 Å². The van der Waals surface area contributed by atoms with E-state index in [4.69, 9.17) is 5.11 Å². The van der Waals surface area contributed by atoms with Gasteiger partial charge in [-0.05, 0) is 38.0 Å². The number of nitrogens with zero attached hydrogens (tertiary/aromatic N) is 1. The Morgan fingerprint density at radius 3 is 2.41 bits per heavy atom. The lowest BCUT2D eigenvalue weighted by molar-refractivity contribution is -0.141. The van der Waals surface area contributed by atoms with Crippen LogP contribution in [0, 0.1) is 0 Å². The van der Waals surface area contributed by atoms with Crippen LogP contribution >= 0.6 is 0 Å². The summed E-state index contributed by atoms with van der Waals surface area (Å²) < 4.78 is 27.2. The maximum absolute atomic E-state index is 12.9. The van der Waals surface area contributed by atoms with E-state index in [1.54, 1.807) is 7.05 Å². The Kier molecular flexibility index (Phi) is 6.96. The molecule has 1 aliphatic carbocycles. The zero-order chi connectivity index (χ0) is 20.2. The molecule has 0 heterocycles. The third-order valence-electron chi connectivity index (χ3n) is 4.90. The number of amides is 1. The minimum atomic E-state index is -3.77. The first-order chi connectivity index (χ1) is 12.6. The fourth-order valence-corrected chi connectivity index (χ4v) is 4.68. The van der Waals surface area contributed by atoms with E-state index in [0.717, 1.165) is 32.1 Å². The molecule has 1 saturated carbocycles. The van der Waals surface area contributed by atoms with Crippen molar-refractivity contribution in [2.45, 2.75) is 62.1 Å². The van der Waals surface area contributed by atoms with E-state index in [1.807, 2.05) is 0 Å². The van der Waals surface area contributed by atoms with Crippen LogP contribution in [0.4, 0.5) is 0 Å². The van der Waals surface area contributed by atoms with Crippen LogP contribution in [0.15, 0.2) is 29.2 Å². The second-order valence-electron chi connectivity index (χ2n) is 6.87. The molecule has 0 aromatic heterocycles. The van der Waals surface area contributed by atoms with Gasteiger partial charge in [0.2, 0.25) is 10.0 Å². The lowest BCUT2D eigenvalue weighted by Gasteiger charge is -2.30. The standard InChI is InChI=1S/C18H26N2O6S/c1-12(21)16(18(23)24)19-17(22)13-7-6-10-15(11-13)27(25,26)20(2)14-8-4-3-5-9-14/h6-7,10-12,14,16,21H,3-5,8-9H2,1-2H3,(H,19,22)(H,23,24)/t12-,16+/m1/s1. The lowest BCUT2D eigenvalue weighted by Crippen LogP contribution is -2.47. The fourth-order valence-electron chi connectivity index (χ4n) is 3.22. The molecule has 8 nitrogen and oxygen atoms in total. The van der Waals surface area contributed by atoms with Crippen molar-refractivity contribution in [1.29, 1.82) is 0 Å². The largest absolute Gasteiger partial charge is 0.480 e. The summed E-state index contributed by atoms with van der Waals surface area (Å²) in [6, 6.07) is 3.93. The molecule has 1 aromatic carbocycles. The van der Waals surface area contributed by atoms with Crippen LogP contribution in [0.25, 0.3) is 0 Å². The molecule has 0 unspecified atom stereocenters. The van der Waals surface area contributed by atoms with Gasteiger partial charge in [0.25, 0.3) is 5.91 Å². The average molecular weight is 398 g/mol. The van der Waals surface area contributed by atoms with Crippen molar-refractivity contribution < 1.29 is 28.2 Å². The molecular weight excluding hydrogens is 372 g/mol. The predicted molar refractivity (Wildman–Crippen MR) is 98.8 cm³/mol. The van der Waals surface area contributed by atoms with Crippen molar-refractivity contribution in [1.82, 2.24) is 9.62 Å². The summed E-state index contributed by atoms with van der Waals surface area (Å²) in [5.74, 6) is -2.14. The Bertz CT molecular complexity index is 787. The Morgan fingerprint density at radius 2 is 1.85 bits per heavy atom. The number of carboxylic acid groups (broad SMARTS) is 1. The number of rotatable bonds is 7. The minimum absolute atomic E-state index is 0.0139. The first-order valence-electron chi connectivity index (χ1n) is 8.94. The summed E-state index contributed by atoms with van der Waals surface area (Å²) in [6.45, 7) is 1.25. The second kappa shape index (κ2) is 8.81. The van der Waals surface area contributed by atoms with E-state index in [1.165, 1.54) is 35.5 Å². The van der Waals surface area contributed by atoms with Gasteiger partial charge in [0.1, 0.15) is 0 Å². The first-order valence-corrected chi connectivity index (χ1v) is 10.4. The van der Waals surface area contributed by atoms with E-state index in [9.17, 15) is 23.1 Å². The molecule has 0 radical (unpaired) electrons. The number of benzene rings is 1. The van der Waals surface area contributed by atoms with Gasteiger partial charge in [0.05, 0.1) is 11.0 Å². The Morgan fingerprint density at radius 1 is 1.22 bits per heavy atom. The molecule has 2 atom stereocenters. The molecule has 3 N–H and O–H groups in total. The maximum Gasteiger partial charge on any atom is 0.328 e. The zero-order valence-electron chi connectivity index (χ0n) is 15.5. The van der Waals surface area contributed by atoms with Crippen LogP contribution in [-0.4, -0.2) is 60.0 Å². The fraction of sp³-hybridized carbons (Fsp3) is 0.556. The molecule has 1 amide bonds. The number of nitrogens with one attached hydrogen (secondary N) is 1. The average Bonchev–Trinajstić information content (AvgIpc) is 2.65. The highest BCUT2D eigenvalue weighted by atomic mass is 32.2. The molecule has 27 heavy (non-hydrogen) atoms. The third-order valence-corrected chi connectivity index (χ3v) is 6.80. The summed E-state index contributed by atoms with van der Waals surface area (Å²) in [5.41, 5.74) is 0.0139. The summed E-state index contributed by atoms with van der Waals surface area (Å²) in [4.78, 5) is 23.4. The SMILES string of the molecule is C[C@@H](O)[C@H](NC(=O)c1cccc(S(=O)(=O)N(C)C2CCCCC2)c1)C(=O)O. The summed E-state index contributed by atoms with van der Waals surface area (Å²) >= 11 is 0. The van der Waals surface area contributed by atoms with Crippen LogP contribution in [0.3, 0.4) is 0 Å². The van der Waals surface area contributed by atoms with Crippen molar-refractivity contribution in [3.8, 4) is 0 Å². The van der Waals surface area contributed by atoms with Gasteiger partial charge in [-0.25, -0.2) is 13.2 Å². The molecule has 150 valence electrons. The van der Waals surface area contributed by atoms with Crippen LogP contribution in [-0.2, 0) is 14.8 Å². The van der Waals surface area contributed by atoms with Gasteiger partial charge < -0.3 is 15.5 Å². The van der Waals surface area contributed by atoms with Crippen LogP contribution < -0.4 is 5.32 Å². The normalized spacial score (nSPS) is 18.1. The van der Waals surface area contributed by atoms with Crippen molar-refractivity contribution in [2.24, 2.45) is 0 Å². The van der Waals surface area contributed by atoms with Crippen LogP contribution in [0.5, 0.6) is 0 Å². The monoisotopic (exact) mass is 398 g/mol. The number of carbonyl (C=O) groups excluding carboxylic acids is 1. The molecule has 1 aliphatic rings. The van der Waals surface area contributed by atoms with Gasteiger partial charge in [0.15, 0.2) is 6.04 Å². The molecule has 0 spiro atoms. The molecule has 1 aromatic rings. The molecule has 0 aliphatic heterocycles. The van der Waals surface area contributed by atoms with Crippen LogP contribution in [0.1, 0.15) is 49.4 Å². The minimum Gasteiger partial charge on any atom is -0.480 e. The van der Waals surface area contributed by atoms with Crippen molar-refractivity contribution in [3.63, 3.8) is 0 Å². The quantitative estimate of drug-likeness (QED) is 0.634. The van der Waals surface area contributed by atoms with Gasteiger partial charge >= 0.3 is 5.97 Å². The molecule has 1 fully saturated rings. The first kappa shape index (κ1) is 21.3. The predicted octanol–water partition coefficient (Wildman–Crippen LogP) is 1.20. The molecule has 0 bridgehead atoms. The van der Waals surface area contributed by atoms with E-state index in [-0.39, 0.29) is 16.5 Å². The smallest absolute Gasteiger partial charge is 0.328 e.